The summed E-state index contributed by atoms with van der Waals surface area (Å²) in [6, 6.07) is 17.1. The lowest BCUT2D eigenvalue weighted by Crippen LogP contribution is -2.37. The molecule has 1 aromatic heterocycles. The minimum atomic E-state index is -0.810. The highest BCUT2D eigenvalue weighted by Gasteiger charge is 2.22. The SMILES string of the molecule is CCC(C(=O)O)N(C)Cc1cn(Cc2ccccc2Cl)nc1-c1ccccc1. The van der Waals surface area contributed by atoms with Gasteiger partial charge < -0.3 is 5.11 Å². The van der Waals surface area contributed by atoms with E-state index in [1.54, 1.807) is 0 Å². The van der Waals surface area contributed by atoms with Crippen molar-refractivity contribution in [3.8, 4) is 11.3 Å². The van der Waals surface area contributed by atoms with Gasteiger partial charge in [0.05, 0.1) is 12.2 Å². The van der Waals surface area contributed by atoms with Crippen LogP contribution in [0.25, 0.3) is 11.3 Å². The molecule has 3 rings (SSSR count). The molecule has 0 aliphatic rings. The largest absolute Gasteiger partial charge is 0.480 e. The first-order valence-electron chi connectivity index (χ1n) is 9.27. The summed E-state index contributed by atoms with van der Waals surface area (Å²) < 4.78 is 1.87. The average Bonchev–Trinajstić information content (AvgIpc) is 3.07. The molecule has 0 amide bonds. The Morgan fingerprint density at radius 3 is 2.46 bits per heavy atom. The maximum Gasteiger partial charge on any atom is 0.320 e. The third kappa shape index (κ3) is 4.61. The summed E-state index contributed by atoms with van der Waals surface area (Å²) in [6.45, 7) is 2.94. The fraction of sp³-hybridized carbons (Fsp3) is 0.273. The molecule has 0 aliphatic heterocycles. The Morgan fingerprint density at radius 2 is 1.82 bits per heavy atom. The van der Waals surface area contributed by atoms with Crippen molar-refractivity contribution < 1.29 is 9.90 Å². The zero-order chi connectivity index (χ0) is 20.1. The third-order valence-corrected chi connectivity index (χ3v) is 5.17. The number of nitrogens with zero attached hydrogens (tertiary/aromatic N) is 3. The van der Waals surface area contributed by atoms with Crippen molar-refractivity contribution in [1.82, 2.24) is 14.7 Å². The van der Waals surface area contributed by atoms with Crippen molar-refractivity contribution in [3.05, 3.63) is 76.9 Å². The van der Waals surface area contributed by atoms with Gasteiger partial charge in [0, 0.05) is 28.9 Å². The summed E-state index contributed by atoms with van der Waals surface area (Å²) in [6.07, 6.45) is 2.52. The van der Waals surface area contributed by atoms with Crippen LogP contribution in [0.4, 0.5) is 0 Å². The monoisotopic (exact) mass is 397 g/mol. The molecule has 3 aromatic rings. The fourth-order valence-corrected chi connectivity index (χ4v) is 3.55. The van der Waals surface area contributed by atoms with Gasteiger partial charge in [0.1, 0.15) is 6.04 Å². The second kappa shape index (κ2) is 9.04. The quantitative estimate of drug-likeness (QED) is 0.606. The maximum atomic E-state index is 11.5. The minimum Gasteiger partial charge on any atom is -0.480 e. The van der Waals surface area contributed by atoms with Gasteiger partial charge in [-0.3, -0.25) is 14.4 Å². The zero-order valence-corrected chi connectivity index (χ0v) is 16.8. The Balaban J connectivity index is 1.94. The van der Waals surface area contributed by atoms with Gasteiger partial charge in [-0.2, -0.15) is 5.10 Å². The van der Waals surface area contributed by atoms with Gasteiger partial charge in [-0.1, -0.05) is 67.1 Å². The van der Waals surface area contributed by atoms with E-state index in [2.05, 4.69) is 0 Å². The number of aliphatic carboxylic acids is 1. The first kappa shape index (κ1) is 20.1. The maximum absolute atomic E-state index is 11.5. The van der Waals surface area contributed by atoms with Crippen LogP contribution in [-0.2, 0) is 17.9 Å². The summed E-state index contributed by atoms with van der Waals surface area (Å²) in [4.78, 5) is 13.4. The number of benzene rings is 2. The number of likely N-dealkylation sites (N-methyl/N-ethyl adjacent to an activating group) is 1. The van der Waals surface area contributed by atoms with Crippen molar-refractivity contribution >= 4 is 17.6 Å². The summed E-state index contributed by atoms with van der Waals surface area (Å²) in [5, 5.41) is 14.9. The number of rotatable bonds is 8. The van der Waals surface area contributed by atoms with Crippen molar-refractivity contribution in [2.45, 2.75) is 32.5 Å². The lowest BCUT2D eigenvalue weighted by atomic mass is 10.1. The summed E-state index contributed by atoms with van der Waals surface area (Å²) in [7, 11) is 1.84. The molecule has 146 valence electrons. The van der Waals surface area contributed by atoms with E-state index in [0.717, 1.165) is 22.4 Å². The lowest BCUT2D eigenvalue weighted by Gasteiger charge is -2.23. The summed E-state index contributed by atoms with van der Waals surface area (Å²) in [5.41, 5.74) is 3.84. The zero-order valence-electron chi connectivity index (χ0n) is 16.0. The minimum absolute atomic E-state index is 0.498. The van der Waals surface area contributed by atoms with E-state index in [9.17, 15) is 9.90 Å². The van der Waals surface area contributed by atoms with Gasteiger partial charge in [0.15, 0.2) is 0 Å². The van der Waals surface area contributed by atoms with Crippen LogP contribution >= 0.6 is 11.6 Å². The molecule has 0 radical (unpaired) electrons. The molecular weight excluding hydrogens is 374 g/mol. The van der Waals surface area contributed by atoms with Crippen LogP contribution < -0.4 is 0 Å². The first-order valence-corrected chi connectivity index (χ1v) is 9.65. The van der Waals surface area contributed by atoms with Crippen LogP contribution in [-0.4, -0.2) is 38.8 Å². The van der Waals surface area contributed by atoms with Crippen LogP contribution in [0.2, 0.25) is 5.02 Å². The highest BCUT2D eigenvalue weighted by Crippen LogP contribution is 2.25. The molecule has 6 heteroatoms. The normalized spacial score (nSPS) is 12.3. The van der Waals surface area contributed by atoms with E-state index in [1.165, 1.54) is 0 Å². The van der Waals surface area contributed by atoms with Gasteiger partial charge in [0.2, 0.25) is 0 Å². The highest BCUT2D eigenvalue weighted by atomic mass is 35.5. The number of carboxylic acids is 1. The Morgan fingerprint density at radius 1 is 1.14 bits per heavy atom. The topological polar surface area (TPSA) is 58.4 Å². The predicted molar refractivity (Wildman–Crippen MR) is 111 cm³/mol. The van der Waals surface area contributed by atoms with Crippen LogP contribution in [0.1, 0.15) is 24.5 Å². The molecule has 0 saturated heterocycles. The molecule has 0 bridgehead atoms. The lowest BCUT2D eigenvalue weighted by molar-refractivity contribution is -0.143. The highest BCUT2D eigenvalue weighted by molar-refractivity contribution is 6.31. The Labute approximate surface area is 170 Å². The summed E-state index contributed by atoms with van der Waals surface area (Å²) in [5.74, 6) is -0.810. The average molecular weight is 398 g/mol. The molecule has 1 unspecified atom stereocenters. The number of halogens is 1. The van der Waals surface area contributed by atoms with Crippen molar-refractivity contribution in [2.75, 3.05) is 7.05 Å². The van der Waals surface area contributed by atoms with E-state index >= 15 is 0 Å². The van der Waals surface area contributed by atoms with Gasteiger partial charge in [0.25, 0.3) is 0 Å². The Hall–Kier alpha value is -2.63. The number of carbonyl (C=O) groups is 1. The van der Waals surface area contributed by atoms with Crippen LogP contribution in [0, 0.1) is 0 Å². The molecule has 1 heterocycles. The number of hydrogen-bond acceptors (Lipinski definition) is 3. The van der Waals surface area contributed by atoms with Crippen molar-refractivity contribution in [2.24, 2.45) is 0 Å². The van der Waals surface area contributed by atoms with Crippen LogP contribution in [0.3, 0.4) is 0 Å². The molecule has 0 aliphatic carbocycles. The van der Waals surface area contributed by atoms with Gasteiger partial charge in [-0.05, 0) is 25.1 Å². The molecule has 2 aromatic carbocycles. The third-order valence-electron chi connectivity index (χ3n) is 4.80. The van der Waals surface area contributed by atoms with Gasteiger partial charge in [-0.25, -0.2) is 0 Å². The summed E-state index contributed by atoms with van der Waals surface area (Å²) >= 11 is 6.30. The smallest absolute Gasteiger partial charge is 0.320 e. The van der Waals surface area contributed by atoms with E-state index < -0.39 is 12.0 Å². The van der Waals surface area contributed by atoms with Crippen LogP contribution in [0.15, 0.2) is 60.8 Å². The molecule has 0 saturated carbocycles. The molecule has 5 nitrogen and oxygen atoms in total. The molecule has 0 fully saturated rings. The van der Waals surface area contributed by atoms with Crippen molar-refractivity contribution in [1.29, 1.82) is 0 Å². The standard InChI is InChI=1S/C22H24ClN3O2/c1-3-20(22(27)28)25(2)13-18-15-26(14-17-11-7-8-12-19(17)23)24-21(18)16-9-5-4-6-10-16/h4-12,15,20H,3,13-14H2,1-2H3,(H,27,28). The first-order chi connectivity index (χ1) is 13.5. The van der Waals surface area contributed by atoms with E-state index in [0.29, 0.717) is 24.5 Å². The van der Waals surface area contributed by atoms with E-state index in [1.807, 2.05) is 84.3 Å². The van der Waals surface area contributed by atoms with Crippen LogP contribution in [0.5, 0.6) is 0 Å². The number of carboxylic acid groups (broad SMARTS) is 1. The fourth-order valence-electron chi connectivity index (χ4n) is 3.35. The molecule has 1 N–H and O–H groups in total. The van der Waals surface area contributed by atoms with Crippen molar-refractivity contribution in [3.63, 3.8) is 0 Å². The number of aromatic nitrogens is 2. The van der Waals surface area contributed by atoms with E-state index in [-0.39, 0.29) is 0 Å². The second-order valence-electron chi connectivity index (χ2n) is 6.84. The Bertz CT molecular complexity index is 940. The Kier molecular flexibility index (Phi) is 6.49. The second-order valence-corrected chi connectivity index (χ2v) is 7.24. The van der Waals surface area contributed by atoms with E-state index in [4.69, 9.17) is 16.7 Å². The number of hydrogen-bond donors (Lipinski definition) is 1. The van der Waals surface area contributed by atoms with Gasteiger partial charge >= 0.3 is 5.97 Å². The molecular formula is C22H24ClN3O2. The predicted octanol–water partition coefficient (Wildman–Crippen LogP) is 4.55. The molecule has 0 spiro atoms. The molecule has 1 atom stereocenters. The van der Waals surface area contributed by atoms with Gasteiger partial charge in [-0.15, -0.1) is 0 Å². The molecule has 28 heavy (non-hydrogen) atoms.